The number of rotatable bonds is 1. The Kier molecular flexibility index (Phi) is 2.44. The molecule has 0 aliphatic rings. The van der Waals surface area contributed by atoms with E-state index in [9.17, 15) is 4.79 Å². The van der Waals surface area contributed by atoms with Gasteiger partial charge < -0.3 is 0 Å². The van der Waals surface area contributed by atoms with Crippen LogP contribution in [0.4, 0.5) is 0 Å². The van der Waals surface area contributed by atoms with E-state index in [1.165, 1.54) is 0 Å². The van der Waals surface area contributed by atoms with Crippen molar-refractivity contribution in [2.45, 2.75) is 0 Å². The van der Waals surface area contributed by atoms with Crippen LogP contribution in [0.5, 0.6) is 0 Å². The van der Waals surface area contributed by atoms with Gasteiger partial charge >= 0.3 is 0 Å². The van der Waals surface area contributed by atoms with Gasteiger partial charge in [0.1, 0.15) is 0 Å². The van der Waals surface area contributed by atoms with Crippen LogP contribution in [0.1, 0.15) is 10.4 Å². The lowest BCUT2D eigenvalue weighted by Crippen LogP contribution is -1.89. The lowest BCUT2D eigenvalue weighted by molar-refractivity contribution is 0.108. The molecule has 0 bridgehead atoms. The molecule has 0 aromatic heterocycles. The summed E-state index contributed by atoms with van der Waals surface area (Å²) in [6.07, 6.45) is 0. The van der Waals surface area contributed by atoms with E-state index in [0.717, 1.165) is 10.8 Å². The molecule has 0 unspecified atom stereocenters. The first-order valence-electron chi connectivity index (χ1n) is 4.06. The van der Waals surface area contributed by atoms with Crippen LogP contribution >= 0.6 is 23.2 Å². The summed E-state index contributed by atoms with van der Waals surface area (Å²) in [5, 5.41) is 1.89. The monoisotopic (exact) mass is 224 g/mol. The molecule has 0 atom stereocenters. The maximum absolute atomic E-state index is 11.1. The Morgan fingerprint density at radius 2 is 1.93 bits per heavy atom. The Hall–Kier alpha value is -1.05. The zero-order chi connectivity index (χ0) is 10.1. The molecule has 0 radical (unpaired) electrons. The number of halogens is 2. The van der Waals surface area contributed by atoms with E-state index in [1.807, 2.05) is 12.1 Å². The van der Waals surface area contributed by atoms with Crippen LogP contribution < -0.4 is 0 Å². The number of carbonyl (C=O) groups is 1. The van der Waals surface area contributed by atoms with Crippen molar-refractivity contribution in [3.63, 3.8) is 0 Å². The molecule has 2 aromatic rings. The molecular weight excluding hydrogens is 219 g/mol. The summed E-state index contributed by atoms with van der Waals surface area (Å²) in [7, 11) is 0. The summed E-state index contributed by atoms with van der Waals surface area (Å²) in [5.74, 6) is 0. The molecule has 0 N–H and O–H groups in total. The number of hydrogen-bond donors (Lipinski definition) is 0. The van der Waals surface area contributed by atoms with Crippen molar-refractivity contribution in [2.24, 2.45) is 0 Å². The molecule has 70 valence electrons. The first kappa shape index (κ1) is 9.50. The lowest BCUT2D eigenvalue weighted by atomic mass is 10.1. The van der Waals surface area contributed by atoms with Gasteiger partial charge in [-0.15, -0.1) is 0 Å². The first-order chi connectivity index (χ1) is 6.68. The zero-order valence-electron chi connectivity index (χ0n) is 7.13. The molecule has 0 saturated heterocycles. The van der Waals surface area contributed by atoms with E-state index in [4.69, 9.17) is 23.2 Å². The van der Waals surface area contributed by atoms with E-state index in [1.54, 1.807) is 24.3 Å². The van der Waals surface area contributed by atoms with Gasteiger partial charge in [-0.1, -0.05) is 29.8 Å². The topological polar surface area (TPSA) is 17.1 Å². The molecule has 3 heteroatoms. The second kappa shape index (κ2) is 3.60. The fourth-order valence-corrected chi connectivity index (χ4v) is 1.75. The van der Waals surface area contributed by atoms with E-state index < -0.39 is 5.24 Å². The number of fused-ring (bicyclic) bond motifs is 1. The van der Waals surface area contributed by atoms with Gasteiger partial charge in [-0.2, -0.15) is 0 Å². The SMILES string of the molecule is O=C(Cl)c1cccc2ccc(Cl)cc12. The third kappa shape index (κ3) is 1.61. The summed E-state index contributed by atoms with van der Waals surface area (Å²) in [5.41, 5.74) is 0.492. The molecule has 0 aliphatic carbocycles. The van der Waals surface area contributed by atoms with Crippen molar-refractivity contribution in [2.75, 3.05) is 0 Å². The zero-order valence-corrected chi connectivity index (χ0v) is 8.64. The van der Waals surface area contributed by atoms with E-state index in [0.29, 0.717) is 10.6 Å². The van der Waals surface area contributed by atoms with Crippen molar-refractivity contribution in [3.8, 4) is 0 Å². The summed E-state index contributed by atoms with van der Waals surface area (Å²) in [4.78, 5) is 11.1. The quantitative estimate of drug-likeness (QED) is 0.673. The maximum Gasteiger partial charge on any atom is 0.253 e. The molecule has 2 aromatic carbocycles. The van der Waals surface area contributed by atoms with Gasteiger partial charge in [0.05, 0.1) is 0 Å². The fraction of sp³-hybridized carbons (Fsp3) is 0. The smallest absolute Gasteiger partial charge is 0.253 e. The highest BCUT2D eigenvalue weighted by atomic mass is 35.5. The highest BCUT2D eigenvalue weighted by Crippen LogP contribution is 2.23. The third-order valence-electron chi connectivity index (χ3n) is 2.06. The van der Waals surface area contributed by atoms with E-state index in [2.05, 4.69) is 0 Å². The third-order valence-corrected chi connectivity index (χ3v) is 2.49. The minimum absolute atomic E-state index is 0.460. The molecule has 2 rings (SSSR count). The summed E-state index contributed by atoms with van der Waals surface area (Å²) in [6, 6.07) is 10.8. The van der Waals surface area contributed by atoms with Gasteiger partial charge in [0.25, 0.3) is 5.24 Å². The van der Waals surface area contributed by atoms with Crippen LogP contribution in [0.3, 0.4) is 0 Å². The van der Waals surface area contributed by atoms with Gasteiger partial charge in [0.15, 0.2) is 0 Å². The largest absolute Gasteiger partial charge is 0.276 e. The molecule has 0 fully saturated rings. The molecule has 14 heavy (non-hydrogen) atoms. The van der Waals surface area contributed by atoms with Gasteiger partial charge in [-0.3, -0.25) is 4.79 Å². The van der Waals surface area contributed by atoms with Crippen LogP contribution in [-0.4, -0.2) is 5.24 Å². The van der Waals surface area contributed by atoms with Crippen LogP contribution in [0.15, 0.2) is 36.4 Å². The Morgan fingerprint density at radius 1 is 1.14 bits per heavy atom. The molecule has 0 spiro atoms. The average Bonchev–Trinajstić information content (AvgIpc) is 2.16. The molecule has 0 amide bonds. The van der Waals surface area contributed by atoms with Gasteiger partial charge in [0.2, 0.25) is 0 Å². The summed E-state index contributed by atoms with van der Waals surface area (Å²) in [6.45, 7) is 0. The van der Waals surface area contributed by atoms with Crippen molar-refractivity contribution in [1.82, 2.24) is 0 Å². The minimum Gasteiger partial charge on any atom is -0.276 e. The standard InChI is InChI=1S/C11H6Cl2O/c12-8-5-4-7-2-1-3-9(11(13)14)10(7)6-8/h1-6H. The van der Waals surface area contributed by atoms with E-state index >= 15 is 0 Å². The van der Waals surface area contributed by atoms with Crippen molar-refractivity contribution in [3.05, 3.63) is 47.0 Å². The molecule has 1 nitrogen and oxygen atoms in total. The van der Waals surface area contributed by atoms with Crippen molar-refractivity contribution >= 4 is 39.2 Å². The Morgan fingerprint density at radius 3 is 2.64 bits per heavy atom. The Balaban J connectivity index is 2.84. The predicted molar refractivity (Wildman–Crippen MR) is 59.1 cm³/mol. The molecular formula is C11H6Cl2O. The summed E-state index contributed by atoms with van der Waals surface area (Å²) < 4.78 is 0. The second-order valence-corrected chi connectivity index (χ2v) is 3.72. The first-order valence-corrected chi connectivity index (χ1v) is 4.82. The van der Waals surface area contributed by atoms with Crippen molar-refractivity contribution < 1.29 is 4.79 Å². The summed E-state index contributed by atoms with van der Waals surface area (Å²) >= 11 is 11.3. The van der Waals surface area contributed by atoms with Gasteiger partial charge in [-0.25, -0.2) is 0 Å². The van der Waals surface area contributed by atoms with Crippen LogP contribution in [-0.2, 0) is 0 Å². The van der Waals surface area contributed by atoms with Gasteiger partial charge in [0, 0.05) is 10.6 Å². The van der Waals surface area contributed by atoms with Crippen LogP contribution in [0.25, 0.3) is 10.8 Å². The number of carbonyl (C=O) groups excluding carboxylic acids is 1. The lowest BCUT2D eigenvalue weighted by Gasteiger charge is -2.02. The normalized spacial score (nSPS) is 10.4. The van der Waals surface area contributed by atoms with E-state index in [-0.39, 0.29) is 0 Å². The number of hydrogen-bond acceptors (Lipinski definition) is 1. The minimum atomic E-state index is -0.460. The Bertz CT molecular complexity index is 506. The molecule has 0 saturated carbocycles. The van der Waals surface area contributed by atoms with Crippen molar-refractivity contribution in [1.29, 1.82) is 0 Å². The second-order valence-electron chi connectivity index (χ2n) is 2.94. The average molecular weight is 225 g/mol. The van der Waals surface area contributed by atoms with Crippen LogP contribution in [0.2, 0.25) is 5.02 Å². The number of benzene rings is 2. The highest BCUT2D eigenvalue weighted by Gasteiger charge is 2.06. The maximum atomic E-state index is 11.1. The fourth-order valence-electron chi connectivity index (χ4n) is 1.42. The Labute approximate surface area is 91.2 Å². The molecule has 0 aliphatic heterocycles. The van der Waals surface area contributed by atoms with Crippen LogP contribution in [0, 0.1) is 0 Å². The molecule has 0 heterocycles. The highest BCUT2D eigenvalue weighted by molar-refractivity contribution is 6.68. The predicted octanol–water partition coefficient (Wildman–Crippen LogP) is 3.87. The van der Waals surface area contributed by atoms with Gasteiger partial charge in [-0.05, 0) is 40.6 Å².